The summed E-state index contributed by atoms with van der Waals surface area (Å²) in [6, 6.07) is 10.3. The van der Waals surface area contributed by atoms with Crippen molar-refractivity contribution in [1.29, 1.82) is 0 Å². The first kappa shape index (κ1) is 25.6. The quantitative estimate of drug-likeness (QED) is 0.402. The molecule has 0 saturated heterocycles. The lowest BCUT2D eigenvalue weighted by Gasteiger charge is -2.14. The van der Waals surface area contributed by atoms with E-state index in [0.29, 0.717) is 19.9 Å². The second-order valence-electron chi connectivity index (χ2n) is 7.57. The van der Waals surface area contributed by atoms with Crippen molar-refractivity contribution in [2.75, 3.05) is 0 Å². The number of nitrogens with zero attached hydrogens (tertiary/aromatic N) is 3. The molecular weight excluding hydrogens is 545 g/mol. The molecule has 0 atom stereocenters. The van der Waals surface area contributed by atoms with Gasteiger partial charge in [0.25, 0.3) is 11.5 Å². The van der Waals surface area contributed by atoms with E-state index in [1.54, 1.807) is 12.1 Å². The van der Waals surface area contributed by atoms with Crippen LogP contribution in [0.15, 0.2) is 58.1 Å². The first-order valence-corrected chi connectivity index (χ1v) is 12.7. The number of hydrogen-bond acceptors (Lipinski definition) is 7. The minimum atomic E-state index is -4.92. The van der Waals surface area contributed by atoms with Crippen LogP contribution in [0.5, 0.6) is 0 Å². The number of hydrogen-bond donors (Lipinski definition) is 1. The summed E-state index contributed by atoms with van der Waals surface area (Å²) in [5.74, 6) is -1.60. The molecule has 0 aliphatic rings. The third kappa shape index (κ3) is 5.05. The van der Waals surface area contributed by atoms with E-state index in [9.17, 15) is 36.0 Å². The Labute approximate surface area is 209 Å². The number of aromatic nitrogens is 3. The highest BCUT2D eigenvalue weighted by Crippen LogP contribution is 2.28. The minimum absolute atomic E-state index is 0.0989. The molecular formula is C21H14ClF3N4O5S2. The van der Waals surface area contributed by atoms with Gasteiger partial charge < -0.3 is 0 Å². The van der Waals surface area contributed by atoms with E-state index in [-0.39, 0.29) is 27.4 Å². The Kier molecular flexibility index (Phi) is 6.53. The third-order valence-corrected chi connectivity index (χ3v) is 7.30. The van der Waals surface area contributed by atoms with E-state index < -0.39 is 44.8 Å². The zero-order chi connectivity index (χ0) is 26.4. The fourth-order valence-corrected chi connectivity index (χ4v) is 5.47. The number of rotatable bonds is 5. The van der Waals surface area contributed by atoms with E-state index >= 15 is 0 Å². The normalized spacial score (nSPS) is 12.1. The summed E-state index contributed by atoms with van der Waals surface area (Å²) < 4.78 is 71.5. The van der Waals surface area contributed by atoms with Gasteiger partial charge in [0.15, 0.2) is 5.69 Å². The molecule has 0 spiro atoms. The first-order valence-electron chi connectivity index (χ1n) is 9.86. The average molecular weight is 559 g/mol. The van der Waals surface area contributed by atoms with Gasteiger partial charge in [-0.05, 0) is 47.4 Å². The molecule has 1 amide bonds. The summed E-state index contributed by atoms with van der Waals surface area (Å²) in [6.07, 6.45) is -4.92. The summed E-state index contributed by atoms with van der Waals surface area (Å²) in [5.41, 5.74) is -4.00. The molecule has 4 aromatic rings. The molecule has 2 heterocycles. The van der Waals surface area contributed by atoms with Crippen LogP contribution in [0.2, 0.25) is 5.02 Å². The summed E-state index contributed by atoms with van der Waals surface area (Å²) in [4.78, 5) is 37.7. The van der Waals surface area contributed by atoms with E-state index in [1.807, 2.05) is 4.72 Å². The van der Waals surface area contributed by atoms with E-state index in [2.05, 4.69) is 4.37 Å². The lowest BCUT2D eigenvalue weighted by Crippen LogP contribution is -2.40. The number of fused-ring (bicyclic) bond motifs is 1. The van der Waals surface area contributed by atoms with Gasteiger partial charge in [-0.1, -0.05) is 23.7 Å². The van der Waals surface area contributed by atoms with Gasteiger partial charge in [-0.2, -0.15) is 17.5 Å². The molecule has 0 aliphatic carbocycles. The van der Waals surface area contributed by atoms with Crippen molar-refractivity contribution in [3.63, 3.8) is 0 Å². The van der Waals surface area contributed by atoms with Gasteiger partial charge in [-0.15, -0.1) is 0 Å². The van der Waals surface area contributed by atoms with Crippen LogP contribution in [0.4, 0.5) is 13.2 Å². The van der Waals surface area contributed by atoms with Crippen LogP contribution < -0.4 is 16.0 Å². The molecule has 0 aliphatic heterocycles. The SMILES string of the molecule is Cn1c(C(F)(F)F)cc(=O)n(-c2ccc3snc(C(=O)NS(=O)(=O)Cc4cccc(Cl)c4)c3c2)c1=O. The van der Waals surface area contributed by atoms with Gasteiger partial charge in [0, 0.05) is 23.5 Å². The number of carbonyl (C=O) groups is 1. The summed E-state index contributed by atoms with van der Waals surface area (Å²) in [7, 11) is -3.28. The topological polar surface area (TPSA) is 120 Å². The predicted octanol–water partition coefficient (Wildman–Crippen LogP) is 3.08. The molecule has 188 valence electrons. The second kappa shape index (κ2) is 9.19. The van der Waals surface area contributed by atoms with Gasteiger partial charge in [-0.25, -0.2) is 22.5 Å². The van der Waals surface area contributed by atoms with Gasteiger partial charge in [-0.3, -0.25) is 14.2 Å². The van der Waals surface area contributed by atoms with Crippen LogP contribution in [0.25, 0.3) is 15.8 Å². The van der Waals surface area contributed by atoms with Gasteiger partial charge >= 0.3 is 11.9 Å². The molecule has 9 nitrogen and oxygen atoms in total. The van der Waals surface area contributed by atoms with Crippen molar-refractivity contribution in [2.45, 2.75) is 11.9 Å². The predicted molar refractivity (Wildman–Crippen MR) is 127 cm³/mol. The Morgan fingerprint density at radius 3 is 2.53 bits per heavy atom. The Balaban J connectivity index is 1.71. The van der Waals surface area contributed by atoms with E-state index in [0.717, 1.165) is 18.6 Å². The Morgan fingerprint density at radius 1 is 1.14 bits per heavy atom. The van der Waals surface area contributed by atoms with Crippen LogP contribution in [0, 0.1) is 0 Å². The van der Waals surface area contributed by atoms with Crippen molar-refractivity contribution in [2.24, 2.45) is 7.05 Å². The highest BCUT2D eigenvalue weighted by Gasteiger charge is 2.35. The van der Waals surface area contributed by atoms with E-state index in [1.165, 1.54) is 30.3 Å². The number of alkyl halides is 3. The minimum Gasteiger partial charge on any atom is -0.292 e. The molecule has 36 heavy (non-hydrogen) atoms. The molecule has 2 aromatic carbocycles. The van der Waals surface area contributed by atoms with Crippen molar-refractivity contribution < 1.29 is 26.4 Å². The van der Waals surface area contributed by atoms with Crippen LogP contribution >= 0.6 is 23.1 Å². The highest BCUT2D eigenvalue weighted by atomic mass is 35.5. The summed E-state index contributed by atoms with van der Waals surface area (Å²) in [6.45, 7) is 0. The zero-order valence-corrected chi connectivity index (χ0v) is 20.4. The monoisotopic (exact) mass is 558 g/mol. The van der Waals surface area contributed by atoms with Crippen LogP contribution in [-0.2, 0) is 29.0 Å². The van der Waals surface area contributed by atoms with Crippen molar-refractivity contribution >= 4 is 49.2 Å². The maximum atomic E-state index is 13.1. The van der Waals surface area contributed by atoms with Gasteiger partial charge in [0.2, 0.25) is 10.0 Å². The maximum Gasteiger partial charge on any atom is 0.431 e. The number of nitrogens with one attached hydrogen (secondary N) is 1. The van der Waals surface area contributed by atoms with Crippen LogP contribution in [0.1, 0.15) is 21.7 Å². The smallest absolute Gasteiger partial charge is 0.292 e. The summed E-state index contributed by atoms with van der Waals surface area (Å²) in [5, 5.41) is 0.415. The Hall–Kier alpha value is -3.49. The molecule has 0 unspecified atom stereocenters. The lowest BCUT2D eigenvalue weighted by molar-refractivity contribution is -0.144. The van der Waals surface area contributed by atoms with Crippen LogP contribution in [-0.4, -0.2) is 27.8 Å². The van der Waals surface area contributed by atoms with Crippen molar-refractivity contribution in [3.8, 4) is 5.69 Å². The first-order chi connectivity index (χ1) is 16.8. The number of halogens is 4. The largest absolute Gasteiger partial charge is 0.431 e. The maximum absolute atomic E-state index is 13.1. The molecule has 4 rings (SSSR count). The number of carbonyl (C=O) groups excluding carboxylic acids is 1. The molecule has 0 radical (unpaired) electrons. The Morgan fingerprint density at radius 2 is 1.86 bits per heavy atom. The highest BCUT2D eigenvalue weighted by molar-refractivity contribution is 7.89. The van der Waals surface area contributed by atoms with Gasteiger partial charge in [0.05, 0.1) is 16.1 Å². The van der Waals surface area contributed by atoms with Crippen molar-refractivity contribution in [3.05, 3.63) is 91.3 Å². The fraction of sp³-hybridized carbons (Fsp3) is 0.143. The van der Waals surface area contributed by atoms with Gasteiger partial charge in [0.1, 0.15) is 5.69 Å². The lowest BCUT2D eigenvalue weighted by atomic mass is 10.2. The second-order valence-corrected chi connectivity index (χ2v) is 10.5. The van der Waals surface area contributed by atoms with E-state index in [4.69, 9.17) is 11.6 Å². The van der Waals surface area contributed by atoms with Crippen LogP contribution in [0.3, 0.4) is 0 Å². The molecule has 0 saturated carbocycles. The third-order valence-electron chi connectivity index (χ3n) is 5.03. The Bertz CT molecular complexity index is 1740. The fourth-order valence-electron chi connectivity index (χ4n) is 3.44. The molecule has 15 heteroatoms. The standard InChI is InChI=1S/C21H14ClF3N4O5S2/c1-28-16(21(23,24)25)9-17(30)29(20(28)32)13-5-6-15-14(8-13)18(26-35-15)19(31)27-36(33,34)10-11-3-2-4-12(22)7-11/h2-9H,10H2,1H3,(H,27,31). The molecule has 0 bridgehead atoms. The average Bonchev–Trinajstić information content (AvgIpc) is 3.18. The molecule has 0 fully saturated rings. The number of amides is 1. The molecule has 2 aromatic heterocycles. The number of sulfonamides is 1. The molecule has 1 N–H and O–H groups in total. The zero-order valence-electron chi connectivity index (χ0n) is 18.0. The summed E-state index contributed by atoms with van der Waals surface area (Å²) >= 11 is 6.71. The van der Waals surface area contributed by atoms with Crippen molar-refractivity contribution in [1.82, 2.24) is 18.2 Å². The number of benzene rings is 2.